The lowest BCUT2D eigenvalue weighted by molar-refractivity contribution is -0.124. The molecule has 0 saturated carbocycles. The Balaban J connectivity index is 1.97. The number of hydrogen-bond donors (Lipinski definition) is 2. The minimum Gasteiger partial charge on any atom is -0.383 e. The van der Waals surface area contributed by atoms with Crippen LogP contribution in [0.3, 0.4) is 0 Å². The third-order valence-corrected chi connectivity index (χ3v) is 3.30. The fraction of sp³-hybridized carbons (Fsp3) is 0.667. The van der Waals surface area contributed by atoms with Crippen molar-refractivity contribution in [1.82, 2.24) is 20.2 Å². The molecule has 1 unspecified atom stereocenters. The minimum atomic E-state index is -0.236. The number of hydrogen-bond acceptors (Lipinski definition) is 4. The molecule has 2 rings (SSSR count). The minimum absolute atomic E-state index is 0.00131. The molecule has 1 aromatic heterocycles. The van der Waals surface area contributed by atoms with E-state index in [-0.39, 0.29) is 11.9 Å². The van der Waals surface area contributed by atoms with Gasteiger partial charge in [0.25, 0.3) is 0 Å². The third kappa shape index (κ3) is 2.70. The van der Waals surface area contributed by atoms with E-state index in [0.29, 0.717) is 19.1 Å². The molecule has 1 aliphatic heterocycles. The Morgan fingerprint density at radius 3 is 3.11 bits per heavy atom. The number of aromatic nitrogens is 2. The molecule has 1 aromatic rings. The first kappa shape index (κ1) is 13.0. The molecule has 6 nitrogen and oxygen atoms in total. The van der Waals surface area contributed by atoms with Crippen molar-refractivity contribution in [3.05, 3.63) is 18.2 Å². The van der Waals surface area contributed by atoms with Gasteiger partial charge in [-0.15, -0.1) is 0 Å². The molecule has 1 saturated heterocycles. The maximum Gasteiger partial charge on any atom is 0.242 e. The lowest BCUT2D eigenvalue weighted by atomic mass is 9.99. The van der Waals surface area contributed by atoms with Crippen molar-refractivity contribution >= 4 is 5.91 Å². The second-order valence-corrected chi connectivity index (χ2v) is 4.54. The van der Waals surface area contributed by atoms with Crippen LogP contribution in [0.15, 0.2) is 12.5 Å². The van der Waals surface area contributed by atoms with Gasteiger partial charge in [0.05, 0.1) is 12.9 Å². The van der Waals surface area contributed by atoms with Crippen molar-refractivity contribution in [1.29, 1.82) is 0 Å². The number of nitrogens with one attached hydrogen (secondary N) is 2. The van der Waals surface area contributed by atoms with Gasteiger partial charge in [-0.05, 0) is 6.92 Å². The van der Waals surface area contributed by atoms with E-state index < -0.39 is 0 Å². The number of nitrogens with zero attached hydrogens (tertiary/aromatic N) is 2. The molecule has 1 aliphatic rings. The molecule has 0 radical (unpaired) electrons. The van der Waals surface area contributed by atoms with E-state index >= 15 is 0 Å². The largest absolute Gasteiger partial charge is 0.383 e. The smallest absolute Gasteiger partial charge is 0.242 e. The summed E-state index contributed by atoms with van der Waals surface area (Å²) in [7, 11) is 1.62. The lowest BCUT2D eigenvalue weighted by Crippen LogP contribution is -2.42. The topological polar surface area (TPSA) is 68.2 Å². The zero-order valence-corrected chi connectivity index (χ0v) is 10.8. The van der Waals surface area contributed by atoms with E-state index in [1.165, 1.54) is 0 Å². The van der Waals surface area contributed by atoms with E-state index in [9.17, 15) is 4.79 Å². The average molecular weight is 252 g/mol. The SMILES string of the molecule is COCCNC(=O)C(C)n1cncc1C1CNC1. The van der Waals surface area contributed by atoms with Gasteiger partial charge in [-0.3, -0.25) is 4.79 Å². The molecule has 2 heterocycles. The highest BCUT2D eigenvalue weighted by atomic mass is 16.5. The van der Waals surface area contributed by atoms with E-state index in [4.69, 9.17) is 4.74 Å². The van der Waals surface area contributed by atoms with Gasteiger partial charge in [0, 0.05) is 44.6 Å². The van der Waals surface area contributed by atoms with E-state index in [2.05, 4.69) is 15.6 Å². The molecular weight excluding hydrogens is 232 g/mol. The van der Waals surface area contributed by atoms with Crippen LogP contribution >= 0.6 is 0 Å². The van der Waals surface area contributed by atoms with Crippen molar-refractivity contribution in [3.63, 3.8) is 0 Å². The Labute approximate surface area is 107 Å². The molecular formula is C12H20N4O2. The van der Waals surface area contributed by atoms with Gasteiger partial charge in [0.1, 0.15) is 6.04 Å². The number of rotatable bonds is 6. The quantitative estimate of drug-likeness (QED) is 0.693. The van der Waals surface area contributed by atoms with Crippen molar-refractivity contribution in [3.8, 4) is 0 Å². The molecule has 1 atom stereocenters. The average Bonchev–Trinajstić information content (AvgIpc) is 2.75. The summed E-state index contributed by atoms with van der Waals surface area (Å²) in [5, 5.41) is 6.07. The van der Waals surface area contributed by atoms with Crippen molar-refractivity contribution < 1.29 is 9.53 Å². The van der Waals surface area contributed by atoms with Gasteiger partial charge in [0.2, 0.25) is 5.91 Å². The number of amides is 1. The summed E-state index contributed by atoms with van der Waals surface area (Å²) in [6, 6.07) is -0.236. The van der Waals surface area contributed by atoms with Crippen LogP contribution in [-0.4, -0.2) is 48.8 Å². The number of methoxy groups -OCH3 is 1. The van der Waals surface area contributed by atoms with Crippen LogP contribution in [0.25, 0.3) is 0 Å². The fourth-order valence-corrected chi connectivity index (χ4v) is 2.00. The van der Waals surface area contributed by atoms with Crippen LogP contribution in [0.2, 0.25) is 0 Å². The molecule has 1 amide bonds. The number of carbonyl (C=O) groups excluding carboxylic acids is 1. The van der Waals surface area contributed by atoms with Crippen molar-refractivity contribution in [2.45, 2.75) is 18.9 Å². The van der Waals surface area contributed by atoms with E-state index in [1.54, 1.807) is 13.4 Å². The number of ether oxygens (including phenoxy) is 1. The predicted molar refractivity (Wildman–Crippen MR) is 67.4 cm³/mol. The van der Waals surface area contributed by atoms with Crippen LogP contribution in [0, 0.1) is 0 Å². The molecule has 6 heteroatoms. The number of carbonyl (C=O) groups is 1. The Hall–Kier alpha value is -1.40. The van der Waals surface area contributed by atoms with Gasteiger partial charge in [-0.25, -0.2) is 4.98 Å². The van der Waals surface area contributed by atoms with Gasteiger partial charge in [-0.1, -0.05) is 0 Å². The van der Waals surface area contributed by atoms with E-state index in [1.807, 2.05) is 17.7 Å². The Bertz CT molecular complexity index is 401. The first-order chi connectivity index (χ1) is 8.74. The van der Waals surface area contributed by atoms with Crippen molar-refractivity contribution in [2.24, 2.45) is 0 Å². The monoisotopic (exact) mass is 252 g/mol. The van der Waals surface area contributed by atoms with Crippen molar-refractivity contribution in [2.75, 3.05) is 33.4 Å². The summed E-state index contributed by atoms with van der Waals surface area (Å²) < 4.78 is 6.86. The first-order valence-corrected chi connectivity index (χ1v) is 6.23. The predicted octanol–water partition coefficient (Wildman–Crippen LogP) is -0.106. The normalized spacial score (nSPS) is 17.2. The standard InChI is InChI=1S/C12H20N4O2/c1-9(12(17)15-3-4-18-2)16-8-14-7-11(16)10-5-13-6-10/h7-10,13H,3-6H2,1-2H3,(H,15,17). The van der Waals surface area contributed by atoms with Crippen LogP contribution in [-0.2, 0) is 9.53 Å². The second kappa shape index (κ2) is 5.97. The van der Waals surface area contributed by atoms with Gasteiger partial charge in [-0.2, -0.15) is 0 Å². The zero-order chi connectivity index (χ0) is 13.0. The summed E-state index contributed by atoms with van der Waals surface area (Å²) in [5.74, 6) is 0.473. The van der Waals surface area contributed by atoms with Crippen LogP contribution < -0.4 is 10.6 Å². The van der Waals surface area contributed by atoms with Crippen LogP contribution in [0.4, 0.5) is 0 Å². The summed E-state index contributed by atoms with van der Waals surface area (Å²) >= 11 is 0. The molecule has 0 spiro atoms. The van der Waals surface area contributed by atoms with Crippen LogP contribution in [0.5, 0.6) is 0 Å². The lowest BCUT2D eigenvalue weighted by Gasteiger charge is -2.29. The molecule has 0 bridgehead atoms. The molecule has 100 valence electrons. The zero-order valence-electron chi connectivity index (χ0n) is 10.8. The summed E-state index contributed by atoms with van der Waals surface area (Å²) in [6.45, 7) is 4.88. The highest BCUT2D eigenvalue weighted by Gasteiger charge is 2.25. The summed E-state index contributed by atoms with van der Waals surface area (Å²) in [6.07, 6.45) is 3.58. The first-order valence-electron chi connectivity index (χ1n) is 6.23. The third-order valence-electron chi connectivity index (χ3n) is 3.30. The molecule has 2 N–H and O–H groups in total. The Kier molecular flexibility index (Phi) is 4.33. The maximum atomic E-state index is 12.0. The molecule has 1 fully saturated rings. The highest BCUT2D eigenvalue weighted by molar-refractivity contribution is 5.79. The summed E-state index contributed by atoms with van der Waals surface area (Å²) in [4.78, 5) is 16.1. The number of imidazole rings is 1. The van der Waals surface area contributed by atoms with Crippen LogP contribution in [0.1, 0.15) is 24.6 Å². The highest BCUT2D eigenvalue weighted by Crippen LogP contribution is 2.22. The van der Waals surface area contributed by atoms with Gasteiger partial charge >= 0.3 is 0 Å². The summed E-state index contributed by atoms with van der Waals surface area (Å²) in [5.41, 5.74) is 1.13. The Morgan fingerprint density at radius 1 is 1.72 bits per heavy atom. The molecule has 0 aliphatic carbocycles. The Morgan fingerprint density at radius 2 is 2.50 bits per heavy atom. The molecule has 18 heavy (non-hydrogen) atoms. The van der Waals surface area contributed by atoms with E-state index in [0.717, 1.165) is 18.8 Å². The fourth-order valence-electron chi connectivity index (χ4n) is 2.00. The van der Waals surface area contributed by atoms with Gasteiger partial charge in [0.15, 0.2) is 0 Å². The molecule has 0 aromatic carbocycles. The second-order valence-electron chi connectivity index (χ2n) is 4.54. The maximum absolute atomic E-state index is 12.0. The van der Waals surface area contributed by atoms with Gasteiger partial charge < -0.3 is 19.9 Å².